The highest BCUT2D eigenvalue weighted by Gasteiger charge is 2.14. The summed E-state index contributed by atoms with van der Waals surface area (Å²) in [5, 5.41) is 11.4. The first-order valence-electron chi connectivity index (χ1n) is 8.01. The lowest BCUT2D eigenvalue weighted by molar-refractivity contribution is 0.102. The molecule has 0 saturated heterocycles. The molecule has 1 N–H and O–H groups in total. The smallest absolute Gasteiger partial charge is 0.287 e. The molecule has 0 radical (unpaired) electrons. The quantitative estimate of drug-likeness (QED) is 0.378. The Labute approximate surface area is 171 Å². The first-order valence-corrected chi connectivity index (χ1v) is 10.2. The minimum Gasteiger partial charge on any atom is -0.375 e. The van der Waals surface area contributed by atoms with Gasteiger partial charge in [-0.2, -0.15) is 0 Å². The number of benzene rings is 1. The number of rotatable bonds is 5. The SMILES string of the molecule is Cc1cc2nc(CSc3nnc(NC(=O)c4ccccc4Cl)s3)cc(=O)n2o1. The van der Waals surface area contributed by atoms with Crippen LogP contribution >= 0.6 is 34.7 Å². The van der Waals surface area contributed by atoms with E-state index in [0.29, 0.717) is 42.9 Å². The molecule has 1 amide bonds. The third-order valence-corrected chi connectivity index (χ3v) is 5.95. The topological polar surface area (TPSA) is 102 Å². The first-order chi connectivity index (χ1) is 13.5. The molecule has 0 aliphatic rings. The van der Waals surface area contributed by atoms with E-state index in [-0.39, 0.29) is 11.5 Å². The molecule has 11 heteroatoms. The van der Waals surface area contributed by atoms with Crippen molar-refractivity contribution in [2.24, 2.45) is 0 Å². The van der Waals surface area contributed by atoms with Crippen LogP contribution in [0.4, 0.5) is 5.13 Å². The highest BCUT2D eigenvalue weighted by molar-refractivity contribution is 8.00. The van der Waals surface area contributed by atoms with Gasteiger partial charge in [-0.1, -0.05) is 46.8 Å². The zero-order valence-electron chi connectivity index (χ0n) is 14.4. The third-order valence-electron chi connectivity index (χ3n) is 3.61. The van der Waals surface area contributed by atoms with Crippen molar-refractivity contribution in [3.05, 3.63) is 68.8 Å². The monoisotopic (exact) mass is 433 g/mol. The minimum atomic E-state index is -0.353. The number of carbonyl (C=O) groups is 1. The largest absolute Gasteiger partial charge is 0.375 e. The zero-order chi connectivity index (χ0) is 19.7. The normalized spacial score (nSPS) is 11.1. The Hall–Kier alpha value is -2.69. The summed E-state index contributed by atoms with van der Waals surface area (Å²) in [7, 11) is 0. The second-order valence-electron chi connectivity index (χ2n) is 5.68. The molecule has 0 bridgehead atoms. The number of aromatic nitrogens is 4. The number of thioether (sulfide) groups is 1. The predicted molar refractivity (Wildman–Crippen MR) is 107 cm³/mol. The van der Waals surface area contributed by atoms with E-state index in [2.05, 4.69) is 20.5 Å². The van der Waals surface area contributed by atoms with Crippen molar-refractivity contribution in [1.29, 1.82) is 0 Å². The van der Waals surface area contributed by atoms with E-state index in [9.17, 15) is 9.59 Å². The summed E-state index contributed by atoms with van der Waals surface area (Å²) in [6, 6.07) is 9.88. The molecule has 0 fully saturated rings. The molecule has 8 nitrogen and oxygen atoms in total. The first kappa shape index (κ1) is 18.7. The van der Waals surface area contributed by atoms with E-state index in [1.807, 2.05) is 0 Å². The van der Waals surface area contributed by atoms with Gasteiger partial charge in [0, 0.05) is 17.9 Å². The molecule has 4 rings (SSSR count). The van der Waals surface area contributed by atoms with Gasteiger partial charge in [0.1, 0.15) is 5.76 Å². The lowest BCUT2D eigenvalue weighted by atomic mass is 10.2. The summed E-state index contributed by atoms with van der Waals surface area (Å²) in [6.07, 6.45) is 0. The Morgan fingerprint density at radius 3 is 2.96 bits per heavy atom. The van der Waals surface area contributed by atoms with E-state index in [4.69, 9.17) is 16.1 Å². The van der Waals surface area contributed by atoms with Crippen molar-refractivity contribution in [2.75, 3.05) is 5.32 Å². The van der Waals surface area contributed by atoms with Crippen molar-refractivity contribution in [2.45, 2.75) is 17.0 Å². The van der Waals surface area contributed by atoms with Crippen LogP contribution in [-0.4, -0.2) is 25.7 Å². The highest BCUT2D eigenvalue weighted by atomic mass is 35.5. The number of nitrogens with one attached hydrogen (secondary N) is 1. The number of anilines is 1. The number of hydrogen-bond acceptors (Lipinski definition) is 8. The van der Waals surface area contributed by atoms with Gasteiger partial charge in [-0.25, -0.2) is 4.98 Å². The second kappa shape index (κ2) is 7.74. The van der Waals surface area contributed by atoms with Crippen LogP contribution in [0.15, 0.2) is 50.1 Å². The van der Waals surface area contributed by atoms with Gasteiger partial charge in [0.05, 0.1) is 16.3 Å². The summed E-state index contributed by atoms with van der Waals surface area (Å²) < 4.78 is 7.05. The maximum Gasteiger partial charge on any atom is 0.287 e. The van der Waals surface area contributed by atoms with Crippen molar-refractivity contribution in [3.63, 3.8) is 0 Å². The van der Waals surface area contributed by atoms with E-state index in [1.165, 1.54) is 29.2 Å². The Kier molecular flexibility index (Phi) is 5.16. The van der Waals surface area contributed by atoms with Gasteiger partial charge in [-0.15, -0.1) is 14.8 Å². The minimum absolute atomic E-state index is 0.279. The molecule has 4 aromatic rings. The Balaban J connectivity index is 1.43. The van der Waals surface area contributed by atoms with E-state index < -0.39 is 0 Å². The zero-order valence-corrected chi connectivity index (χ0v) is 16.8. The summed E-state index contributed by atoms with van der Waals surface area (Å²) in [5.74, 6) is 0.689. The van der Waals surface area contributed by atoms with Crippen LogP contribution in [0, 0.1) is 6.92 Å². The maximum absolute atomic E-state index is 12.3. The molecule has 1 aromatic carbocycles. The molecule has 28 heavy (non-hydrogen) atoms. The maximum atomic E-state index is 12.3. The highest BCUT2D eigenvalue weighted by Crippen LogP contribution is 2.28. The number of halogens is 1. The van der Waals surface area contributed by atoms with E-state index >= 15 is 0 Å². The molecule has 0 aliphatic heterocycles. The molecule has 0 saturated carbocycles. The van der Waals surface area contributed by atoms with E-state index in [0.717, 1.165) is 4.57 Å². The Morgan fingerprint density at radius 2 is 2.14 bits per heavy atom. The fourth-order valence-electron chi connectivity index (χ4n) is 2.41. The Bertz CT molecular complexity index is 1230. The lowest BCUT2D eigenvalue weighted by Gasteiger charge is -2.02. The molecule has 3 heterocycles. The molecule has 0 atom stereocenters. The van der Waals surface area contributed by atoms with Gasteiger partial charge in [0.2, 0.25) is 5.13 Å². The molecule has 0 aliphatic carbocycles. The number of carbonyl (C=O) groups excluding carboxylic acids is 1. The third kappa shape index (κ3) is 3.93. The Morgan fingerprint density at radius 1 is 1.32 bits per heavy atom. The van der Waals surface area contributed by atoms with E-state index in [1.54, 1.807) is 37.3 Å². The fraction of sp³-hybridized carbons (Fsp3) is 0.118. The number of aryl methyl sites for hydroxylation is 1. The summed E-state index contributed by atoms with van der Waals surface area (Å²) in [4.78, 5) is 28.7. The van der Waals surface area contributed by atoms with Gasteiger partial charge in [-0.3, -0.25) is 14.9 Å². The second-order valence-corrected chi connectivity index (χ2v) is 8.29. The molecule has 0 spiro atoms. The van der Waals surface area contributed by atoms with Crippen LogP contribution in [0.3, 0.4) is 0 Å². The number of nitrogens with zero attached hydrogens (tertiary/aromatic N) is 4. The van der Waals surface area contributed by atoms with Gasteiger partial charge in [-0.05, 0) is 19.1 Å². The average molecular weight is 434 g/mol. The van der Waals surface area contributed by atoms with Crippen LogP contribution in [0.1, 0.15) is 21.8 Å². The van der Waals surface area contributed by atoms with Crippen molar-refractivity contribution in [1.82, 2.24) is 19.8 Å². The standard InChI is InChI=1S/C17H12ClN5O3S2/c1-9-6-13-19-10(7-14(24)23(13)26-9)8-27-17-22-21-16(28-17)20-15(25)11-4-2-3-5-12(11)18/h2-7H,8H2,1H3,(H,20,21,25). The van der Waals surface area contributed by atoms with Crippen molar-refractivity contribution < 1.29 is 9.32 Å². The molecule has 0 unspecified atom stereocenters. The predicted octanol–water partition coefficient (Wildman–Crippen LogP) is 3.65. The molecular weight excluding hydrogens is 422 g/mol. The van der Waals surface area contributed by atoms with Crippen molar-refractivity contribution >= 4 is 51.4 Å². The number of amides is 1. The van der Waals surface area contributed by atoms with Crippen LogP contribution in [-0.2, 0) is 5.75 Å². The number of hydrogen-bond donors (Lipinski definition) is 1. The van der Waals surface area contributed by atoms with Gasteiger partial charge in [0.25, 0.3) is 11.5 Å². The van der Waals surface area contributed by atoms with Gasteiger partial charge >= 0.3 is 0 Å². The van der Waals surface area contributed by atoms with Gasteiger partial charge < -0.3 is 4.52 Å². The molecule has 142 valence electrons. The van der Waals surface area contributed by atoms with Gasteiger partial charge in [0.15, 0.2) is 9.99 Å². The average Bonchev–Trinajstić information content (AvgIpc) is 3.26. The van der Waals surface area contributed by atoms with Crippen LogP contribution < -0.4 is 10.9 Å². The lowest BCUT2D eigenvalue weighted by Crippen LogP contribution is -2.12. The summed E-state index contributed by atoms with van der Waals surface area (Å²) in [6.45, 7) is 1.75. The van der Waals surface area contributed by atoms with Crippen LogP contribution in [0.25, 0.3) is 5.65 Å². The summed E-state index contributed by atoms with van der Waals surface area (Å²) >= 11 is 8.63. The van der Waals surface area contributed by atoms with Crippen LogP contribution in [0.2, 0.25) is 5.02 Å². The number of fused-ring (bicyclic) bond motifs is 1. The molecular formula is C17H12ClN5O3S2. The summed E-state index contributed by atoms with van der Waals surface area (Å²) in [5.41, 5.74) is 1.15. The fourth-order valence-corrected chi connectivity index (χ4v) is 4.27. The molecule has 3 aromatic heterocycles. The van der Waals surface area contributed by atoms with Crippen molar-refractivity contribution in [3.8, 4) is 0 Å². The van der Waals surface area contributed by atoms with Crippen LogP contribution in [0.5, 0.6) is 0 Å².